The van der Waals surface area contributed by atoms with Crippen molar-refractivity contribution < 1.29 is 24.5 Å². The van der Waals surface area contributed by atoms with E-state index in [1.807, 2.05) is 6.07 Å². The Morgan fingerprint density at radius 1 is 1.48 bits per heavy atom. The number of nitriles is 1. The first kappa shape index (κ1) is 18.4. The molecule has 0 radical (unpaired) electrons. The maximum atomic E-state index is 12.7. The van der Waals surface area contributed by atoms with Crippen molar-refractivity contribution >= 4 is 17.7 Å². The highest BCUT2D eigenvalue weighted by molar-refractivity contribution is 6.00. The lowest BCUT2D eigenvalue weighted by molar-refractivity contribution is -0.180. The van der Waals surface area contributed by atoms with Gasteiger partial charge in [-0.1, -0.05) is 0 Å². The molecule has 1 fully saturated rings. The minimum absolute atomic E-state index is 0.0428. The third kappa shape index (κ3) is 3.23. The molecule has 0 bridgehead atoms. The smallest absolute Gasteiger partial charge is 0.338 e. The van der Waals surface area contributed by atoms with Crippen LogP contribution in [0.3, 0.4) is 0 Å². The molecule has 2 aromatic rings. The zero-order chi connectivity index (χ0) is 19.8. The van der Waals surface area contributed by atoms with Crippen molar-refractivity contribution in [2.45, 2.75) is 25.6 Å². The summed E-state index contributed by atoms with van der Waals surface area (Å²) >= 11 is 0. The molecule has 0 aliphatic carbocycles. The van der Waals surface area contributed by atoms with Gasteiger partial charge < -0.3 is 14.9 Å². The fourth-order valence-corrected chi connectivity index (χ4v) is 2.71. The maximum Gasteiger partial charge on any atom is 0.338 e. The number of aliphatic hydroxyl groups is 1. The minimum atomic E-state index is -2.37. The zero-order valence-electron chi connectivity index (χ0n) is 14.5. The number of morpholine rings is 1. The number of ether oxygens (including phenoxy) is 1. The number of aryl methyl sites for hydroxylation is 1. The average Bonchev–Trinajstić information content (AvgIpc) is 3.03. The van der Waals surface area contributed by atoms with Crippen LogP contribution in [0.2, 0.25) is 0 Å². The SMILES string of the molecule is Cc1cc(N2CCO[C@H](C(C)(O)C(=O)O)C2=O)nn1-c1cnnc(C#N)c1. The van der Waals surface area contributed by atoms with Gasteiger partial charge in [0.25, 0.3) is 5.91 Å². The van der Waals surface area contributed by atoms with E-state index in [1.165, 1.54) is 21.8 Å². The first-order chi connectivity index (χ1) is 12.8. The molecule has 27 heavy (non-hydrogen) atoms. The van der Waals surface area contributed by atoms with E-state index in [9.17, 15) is 14.7 Å². The number of hydrogen-bond acceptors (Lipinski definition) is 8. The maximum absolute atomic E-state index is 12.7. The highest BCUT2D eigenvalue weighted by Gasteiger charge is 2.49. The monoisotopic (exact) mass is 372 g/mol. The van der Waals surface area contributed by atoms with Crippen molar-refractivity contribution in [1.29, 1.82) is 5.26 Å². The lowest BCUT2D eigenvalue weighted by Gasteiger charge is -2.36. The largest absolute Gasteiger partial charge is 0.479 e. The number of carbonyl (C=O) groups excluding carboxylic acids is 1. The summed E-state index contributed by atoms with van der Waals surface area (Å²) in [4.78, 5) is 25.2. The number of carboxylic acids is 1. The van der Waals surface area contributed by atoms with Crippen molar-refractivity contribution in [1.82, 2.24) is 20.0 Å². The van der Waals surface area contributed by atoms with Gasteiger partial charge in [0.1, 0.15) is 6.07 Å². The number of nitrogens with zero attached hydrogens (tertiary/aromatic N) is 6. The molecule has 1 amide bonds. The molecule has 11 heteroatoms. The summed E-state index contributed by atoms with van der Waals surface area (Å²) < 4.78 is 6.69. The molecule has 0 aromatic carbocycles. The second-order valence-corrected chi connectivity index (χ2v) is 6.16. The van der Waals surface area contributed by atoms with E-state index >= 15 is 0 Å². The first-order valence-corrected chi connectivity index (χ1v) is 7.94. The summed E-state index contributed by atoms with van der Waals surface area (Å²) in [5.41, 5.74) is -1.11. The summed E-state index contributed by atoms with van der Waals surface area (Å²) in [6.07, 6.45) is -0.133. The van der Waals surface area contributed by atoms with Crippen LogP contribution in [-0.4, -0.2) is 66.9 Å². The van der Waals surface area contributed by atoms with E-state index < -0.39 is 23.6 Å². The molecule has 0 saturated carbocycles. The molecular formula is C16H16N6O5. The molecule has 2 N–H and O–H groups in total. The van der Waals surface area contributed by atoms with E-state index in [-0.39, 0.29) is 24.7 Å². The number of aliphatic carboxylic acids is 1. The second kappa shape index (κ2) is 6.75. The van der Waals surface area contributed by atoms with Crippen molar-refractivity contribution in [3.8, 4) is 11.8 Å². The van der Waals surface area contributed by atoms with Crippen molar-refractivity contribution in [3.63, 3.8) is 0 Å². The van der Waals surface area contributed by atoms with Crippen LogP contribution in [0.15, 0.2) is 18.3 Å². The van der Waals surface area contributed by atoms with Gasteiger partial charge in [-0.3, -0.25) is 9.69 Å². The highest BCUT2D eigenvalue weighted by atomic mass is 16.5. The quantitative estimate of drug-likeness (QED) is 0.716. The van der Waals surface area contributed by atoms with Crippen molar-refractivity contribution in [2.24, 2.45) is 0 Å². The fraction of sp³-hybridized carbons (Fsp3) is 0.375. The molecule has 3 heterocycles. The predicted octanol–water partition coefficient (Wildman–Crippen LogP) is -0.590. The second-order valence-electron chi connectivity index (χ2n) is 6.16. The number of aromatic nitrogens is 4. The van der Waals surface area contributed by atoms with Crippen LogP contribution in [-0.2, 0) is 14.3 Å². The number of hydrogen-bond donors (Lipinski definition) is 2. The van der Waals surface area contributed by atoms with Gasteiger partial charge in [0.05, 0.1) is 25.0 Å². The summed E-state index contributed by atoms with van der Waals surface area (Å²) in [6.45, 7) is 2.96. The summed E-state index contributed by atoms with van der Waals surface area (Å²) in [6, 6.07) is 5.01. The number of carbonyl (C=O) groups is 2. The van der Waals surface area contributed by atoms with Crippen LogP contribution in [0.5, 0.6) is 0 Å². The first-order valence-electron chi connectivity index (χ1n) is 7.94. The van der Waals surface area contributed by atoms with Crippen LogP contribution in [0, 0.1) is 18.3 Å². The molecule has 1 aliphatic rings. The molecule has 3 rings (SSSR count). The Morgan fingerprint density at radius 2 is 2.22 bits per heavy atom. The molecule has 2 aromatic heterocycles. The number of rotatable bonds is 4. The van der Waals surface area contributed by atoms with Crippen molar-refractivity contribution in [3.05, 3.63) is 29.7 Å². The normalized spacial score (nSPS) is 19.4. The van der Waals surface area contributed by atoms with Gasteiger partial charge in [-0.15, -0.1) is 10.2 Å². The Kier molecular flexibility index (Phi) is 4.61. The third-order valence-corrected chi connectivity index (χ3v) is 4.18. The molecule has 140 valence electrons. The van der Waals surface area contributed by atoms with Gasteiger partial charge >= 0.3 is 5.97 Å². The molecule has 2 atom stereocenters. The third-order valence-electron chi connectivity index (χ3n) is 4.18. The summed E-state index contributed by atoms with van der Waals surface area (Å²) in [5.74, 6) is -2.00. The Balaban J connectivity index is 1.94. The van der Waals surface area contributed by atoms with Crippen LogP contribution < -0.4 is 4.90 Å². The Labute approximate surface area is 153 Å². The van der Waals surface area contributed by atoms with E-state index in [4.69, 9.17) is 15.1 Å². The molecule has 11 nitrogen and oxygen atoms in total. The number of amides is 1. The van der Waals surface area contributed by atoms with Crippen LogP contribution in [0.4, 0.5) is 5.82 Å². The lowest BCUT2D eigenvalue weighted by atomic mass is 9.97. The molecule has 1 aliphatic heterocycles. The summed E-state index contributed by atoms with van der Waals surface area (Å²) in [7, 11) is 0. The molecular weight excluding hydrogens is 356 g/mol. The standard InChI is InChI=1S/C16H16N6O5/c1-9-5-12(20-22(9)11-6-10(7-17)19-18-8-11)21-3-4-27-13(14(21)23)16(2,26)15(24)25/h5-6,8,13,26H,3-4H2,1-2H3,(H,24,25)/t13-,16?/m0/s1. The minimum Gasteiger partial charge on any atom is -0.479 e. The highest BCUT2D eigenvalue weighted by Crippen LogP contribution is 2.25. The number of carboxylic acid groups (broad SMARTS) is 1. The topological polar surface area (TPSA) is 154 Å². The fourth-order valence-electron chi connectivity index (χ4n) is 2.71. The van der Waals surface area contributed by atoms with E-state index in [0.29, 0.717) is 11.4 Å². The molecule has 1 unspecified atom stereocenters. The number of anilines is 1. The van der Waals surface area contributed by atoms with Gasteiger partial charge in [-0.25, -0.2) is 9.48 Å². The van der Waals surface area contributed by atoms with Gasteiger partial charge in [0.15, 0.2) is 23.2 Å². The lowest BCUT2D eigenvalue weighted by Crippen LogP contribution is -2.60. The van der Waals surface area contributed by atoms with E-state index in [0.717, 1.165) is 6.92 Å². The van der Waals surface area contributed by atoms with Gasteiger partial charge in [-0.2, -0.15) is 10.4 Å². The zero-order valence-corrected chi connectivity index (χ0v) is 14.5. The Morgan fingerprint density at radius 3 is 2.89 bits per heavy atom. The van der Waals surface area contributed by atoms with Crippen LogP contribution >= 0.6 is 0 Å². The van der Waals surface area contributed by atoms with E-state index in [2.05, 4.69) is 15.3 Å². The van der Waals surface area contributed by atoms with Crippen molar-refractivity contribution in [2.75, 3.05) is 18.1 Å². The predicted molar refractivity (Wildman–Crippen MR) is 89.0 cm³/mol. The summed E-state index contributed by atoms with van der Waals surface area (Å²) in [5, 5.41) is 40.0. The van der Waals surface area contributed by atoms with Crippen LogP contribution in [0.25, 0.3) is 5.69 Å². The molecule has 0 spiro atoms. The Hall–Kier alpha value is -3.36. The van der Waals surface area contributed by atoms with Gasteiger partial charge in [-0.05, 0) is 13.8 Å². The Bertz CT molecular complexity index is 947. The molecule has 1 saturated heterocycles. The van der Waals surface area contributed by atoms with Gasteiger partial charge in [0.2, 0.25) is 0 Å². The van der Waals surface area contributed by atoms with Gasteiger partial charge in [0, 0.05) is 17.8 Å². The van der Waals surface area contributed by atoms with Crippen LogP contribution in [0.1, 0.15) is 18.3 Å². The average molecular weight is 372 g/mol. The van der Waals surface area contributed by atoms with E-state index in [1.54, 1.807) is 13.0 Å².